The molecule has 1 aliphatic rings. The average molecular weight is 318 g/mol. The third-order valence-electron chi connectivity index (χ3n) is 3.88. The highest BCUT2D eigenvalue weighted by Gasteiger charge is 2.63. The topological polar surface area (TPSA) is 78.9 Å². The predicted octanol–water partition coefficient (Wildman–Crippen LogP) is 1.75. The van der Waals surface area contributed by atoms with Gasteiger partial charge in [0.25, 0.3) is 0 Å². The van der Waals surface area contributed by atoms with Crippen molar-refractivity contribution >= 4 is 17.7 Å². The van der Waals surface area contributed by atoms with Gasteiger partial charge in [0, 0.05) is 5.57 Å². The summed E-state index contributed by atoms with van der Waals surface area (Å²) < 4.78 is 15.2. The summed E-state index contributed by atoms with van der Waals surface area (Å²) in [6.07, 6.45) is 0. The number of hydrogen-bond donors (Lipinski definition) is 0. The van der Waals surface area contributed by atoms with Crippen LogP contribution in [-0.2, 0) is 28.6 Å². The Morgan fingerprint density at radius 1 is 1.04 bits per heavy atom. The van der Waals surface area contributed by atoms with Crippen LogP contribution in [0.1, 0.15) is 25.3 Å². The lowest BCUT2D eigenvalue weighted by Crippen LogP contribution is -2.52. The lowest BCUT2D eigenvalue weighted by Gasteiger charge is -2.30. The summed E-state index contributed by atoms with van der Waals surface area (Å²) >= 11 is 0. The van der Waals surface area contributed by atoms with Gasteiger partial charge in [0.15, 0.2) is 5.78 Å². The Morgan fingerprint density at radius 3 is 2.00 bits per heavy atom. The molecule has 0 amide bonds. The van der Waals surface area contributed by atoms with Gasteiger partial charge in [-0.25, -0.2) is 9.59 Å². The molecule has 6 heteroatoms. The van der Waals surface area contributed by atoms with Crippen molar-refractivity contribution in [2.45, 2.75) is 25.4 Å². The molecule has 0 N–H and O–H groups in total. The van der Waals surface area contributed by atoms with Gasteiger partial charge in [-0.2, -0.15) is 0 Å². The van der Waals surface area contributed by atoms with E-state index >= 15 is 0 Å². The average Bonchev–Trinajstić information content (AvgIpc) is 2.88. The summed E-state index contributed by atoms with van der Waals surface area (Å²) in [6.45, 7) is 2.91. The predicted molar refractivity (Wildman–Crippen MR) is 80.4 cm³/mol. The Morgan fingerprint density at radius 2 is 1.57 bits per heavy atom. The second kappa shape index (κ2) is 6.24. The maximum Gasteiger partial charge on any atom is 0.363 e. The van der Waals surface area contributed by atoms with E-state index in [0.29, 0.717) is 5.56 Å². The van der Waals surface area contributed by atoms with Gasteiger partial charge in [-0.15, -0.1) is 0 Å². The highest BCUT2D eigenvalue weighted by molar-refractivity contribution is 6.10. The van der Waals surface area contributed by atoms with Gasteiger partial charge in [0.1, 0.15) is 5.76 Å². The number of carbonyl (C=O) groups excluding carboxylic acids is 3. The van der Waals surface area contributed by atoms with Gasteiger partial charge in [0.2, 0.25) is 0 Å². The molecule has 6 nitrogen and oxygen atoms in total. The molecule has 1 aliphatic heterocycles. The standard InChI is InChI=1S/C17H18O6/c1-10(18)13-11(2)23-17(15(19)21-3,16(20)22-4)14(13)12-8-6-5-7-9-12/h5-9,14H,1-4H3. The van der Waals surface area contributed by atoms with Gasteiger partial charge >= 0.3 is 17.5 Å². The zero-order valence-corrected chi connectivity index (χ0v) is 13.4. The third kappa shape index (κ3) is 2.50. The van der Waals surface area contributed by atoms with Crippen LogP contribution < -0.4 is 0 Å². The van der Waals surface area contributed by atoms with Gasteiger partial charge < -0.3 is 14.2 Å². The van der Waals surface area contributed by atoms with Crippen LogP contribution in [0.2, 0.25) is 0 Å². The fourth-order valence-corrected chi connectivity index (χ4v) is 2.97. The van der Waals surface area contributed by atoms with Crippen molar-refractivity contribution in [3.8, 4) is 0 Å². The van der Waals surface area contributed by atoms with E-state index in [1.165, 1.54) is 6.92 Å². The van der Waals surface area contributed by atoms with Crippen molar-refractivity contribution in [3.63, 3.8) is 0 Å². The molecule has 0 aromatic heterocycles. The number of ether oxygens (including phenoxy) is 3. The van der Waals surface area contributed by atoms with Gasteiger partial charge in [0.05, 0.1) is 20.1 Å². The largest absolute Gasteiger partial charge is 0.467 e. The minimum absolute atomic E-state index is 0.210. The van der Waals surface area contributed by atoms with Crippen molar-refractivity contribution in [3.05, 3.63) is 47.2 Å². The molecule has 0 aliphatic carbocycles. The molecule has 1 unspecified atom stereocenters. The molecule has 1 heterocycles. The molecule has 1 aromatic rings. The van der Waals surface area contributed by atoms with Gasteiger partial charge in [-0.1, -0.05) is 30.3 Å². The van der Waals surface area contributed by atoms with Crippen molar-refractivity contribution in [1.29, 1.82) is 0 Å². The smallest absolute Gasteiger partial charge is 0.363 e. The Balaban J connectivity index is 2.74. The second-order valence-electron chi connectivity index (χ2n) is 5.19. The van der Waals surface area contributed by atoms with E-state index in [-0.39, 0.29) is 17.1 Å². The molecule has 0 radical (unpaired) electrons. The van der Waals surface area contributed by atoms with Crippen LogP contribution in [0.25, 0.3) is 0 Å². The summed E-state index contributed by atoms with van der Waals surface area (Å²) in [5.74, 6) is -2.82. The van der Waals surface area contributed by atoms with E-state index < -0.39 is 23.5 Å². The molecule has 0 spiro atoms. The number of Topliss-reactive ketones (excluding diaryl/α,β-unsaturated/α-hetero) is 1. The Hall–Kier alpha value is -2.63. The monoisotopic (exact) mass is 318 g/mol. The van der Waals surface area contributed by atoms with E-state index in [1.807, 2.05) is 0 Å². The summed E-state index contributed by atoms with van der Waals surface area (Å²) in [5.41, 5.74) is -1.21. The molecule has 1 aromatic carbocycles. The molecule has 122 valence electrons. The van der Waals surface area contributed by atoms with Gasteiger partial charge in [-0.05, 0) is 19.4 Å². The highest BCUT2D eigenvalue weighted by Crippen LogP contribution is 2.47. The number of carbonyl (C=O) groups is 3. The lowest BCUT2D eigenvalue weighted by atomic mass is 9.77. The molecular formula is C17H18O6. The summed E-state index contributed by atoms with van der Waals surface area (Å²) in [7, 11) is 2.30. The number of esters is 2. The Bertz CT molecular complexity index is 658. The number of benzene rings is 1. The fraction of sp³-hybridized carbons (Fsp3) is 0.353. The SMILES string of the molecule is COC(=O)C1(C(=O)OC)OC(C)=C(C(C)=O)C1c1ccccc1. The molecule has 23 heavy (non-hydrogen) atoms. The zero-order chi connectivity index (χ0) is 17.2. The minimum Gasteiger partial charge on any atom is -0.467 e. The number of methoxy groups -OCH3 is 2. The van der Waals surface area contributed by atoms with Crippen LogP contribution in [0, 0.1) is 0 Å². The maximum atomic E-state index is 12.4. The number of allylic oxidation sites excluding steroid dienone is 1. The van der Waals surface area contributed by atoms with Gasteiger partial charge in [-0.3, -0.25) is 4.79 Å². The lowest BCUT2D eigenvalue weighted by molar-refractivity contribution is -0.181. The molecule has 0 bridgehead atoms. The number of hydrogen-bond acceptors (Lipinski definition) is 6. The zero-order valence-electron chi connectivity index (χ0n) is 13.4. The summed E-state index contributed by atoms with van der Waals surface area (Å²) in [6, 6.07) is 8.73. The summed E-state index contributed by atoms with van der Waals surface area (Å²) in [4.78, 5) is 37.0. The third-order valence-corrected chi connectivity index (χ3v) is 3.88. The first-order chi connectivity index (χ1) is 10.9. The molecule has 2 rings (SSSR count). The Labute approximate surface area is 134 Å². The molecule has 1 atom stereocenters. The van der Waals surface area contributed by atoms with E-state index in [9.17, 15) is 14.4 Å². The molecular weight excluding hydrogens is 300 g/mol. The van der Waals surface area contributed by atoms with E-state index in [4.69, 9.17) is 14.2 Å². The van der Waals surface area contributed by atoms with E-state index in [2.05, 4.69) is 0 Å². The van der Waals surface area contributed by atoms with Crippen molar-refractivity contribution < 1.29 is 28.6 Å². The first-order valence-corrected chi connectivity index (χ1v) is 7.02. The second-order valence-corrected chi connectivity index (χ2v) is 5.19. The maximum absolute atomic E-state index is 12.4. The van der Waals surface area contributed by atoms with Crippen molar-refractivity contribution in [1.82, 2.24) is 0 Å². The van der Waals surface area contributed by atoms with Crippen molar-refractivity contribution in [2.75, 3.05) is 14.2 Å². The number of ketones is 1. The van der Waals surface area contributed by atoms with Crippen LogP contribution in [0.4, 0.5) is 0 Å². The van der Waals surface area contributed by atoms with E-state index in [0.717, 1.165) is 14.2 Å². The first kappa shape index (κ1) is 16.7. The summed E-state index contributed by atoms with van der Waals surface area (Å²) in [5, 5.41) is 0. The number of rotatable bonds is 4. The van der Waals surface area contributed by atoms with Crippen LogP contribution in [0.3, 0.4) is 0 Å². The van der Waals surface area contributed by atoms with Crippen molar-refractivity contribution in [2.24, 2.45) is 0 Å². The normalized spacial score (nSPS) is 19.0. The quantitative estimate of drug-likeness (QED) is 0.621. The fourth-order valence-electron chi connectivity index (χ4n) is 2.97. The van der Waals surface area contributed by atoms with Crippen LogP contribution in [-0.4, -0.2) is 37.5 Å². The van der Waals surface area contributed by atoms with Crippen LogP contribution >= 0.6 is 0 Å². The molecule has 0 saturated heterocycles. The molecule has 0 fully saturated rings. The van der Waals surface area contributed by atoms with E-state index in [1.54, 1.807) is 37.3 Å². The van der Waals surface area contributed by atoms with Crippen LogP contribution in [0.5, 0.6) is 0 Å². The Kier molecular flexibility index (Phi) is 4.54. The molecule has 0 saturated carbocycles. The highest BCUT2D eigenvalue weighted by atomic mass is 16.6. The van der Waals surface area contributed by atoms with Crippen LogP contribution in [0.15, 0.2) is 41.7 Å². The minimum atomic E-state index is -2.06. The first-order valence-electron chi connectivity index (χ1n) is 7.02.